The van der Waals surface area contributed by atoms with Gasteiger partial charge in [-0.1, -0.05) is 6.08 Å². The van der Waals surface area contributed by atoms with E-state index in [0.717, 1.165) is 12.1 Å². The van der Waals surface area contributed by atoms with Crippen LogP contribution in [-0.4, -0.2) is 35.6 Å². The number of amides is 2. The average molecular weight is 252 g/mol. The molecule has 5 nitrogen and oxygen atoms in total. The predicted molar refractivity (Wildman–Crippen MR) is 65.2 cm³/mol. The second-order valence-electron chi connectivity index (χ2n) is 3.60. The van der Waals surface area contributed by atoms with Crippen LogP contribution in [0.25, 0.3) is 0 Å². The maximum absolute atomic E-state index is 13.3. The molecule has 0 aliphatic heterocycles. The lowest BCUT2D eigenvalue weighted by Crippen LogP contribution is -2.31. The normalized spacial score (nSPS) is 9.67. The summed E-state index contributed by atoms with van der Waals surface area (Å²) < 4.78 is 13.3. The van der Waals surface area contributed by atoms with Crippen molar-refractivity contribution in [3.05, 3.63) is 42.2 Å². The van der Waals surface area contributed by atoms with Gasteiger partial charge in [0, 0.05) is 19.3 Å². The molecule has 2 N–H and O–H groups in total. The van der Waals surface area contributed by atoms with E-state index in [0.29, 0.717) is 6.54 Å². The second kappa shape index (κ2) is 5.81. The molecule has 0 heterocycles. The minimum Gasteiger partial charge on any atom is -0.478 e. The van der Waals surface area contributed by atoms with Gasteiger partial charge in [0.25, 0.3) is 0 Å². The molecule has 0 aliphatic carbocycles. The smallest absolute Gasteiger partial charge is 0.338 e. The molecule has 2 amide bonds. The highest BCUT2D eigenvalue weighted by atomic mass is 19.1. The fourth-order valence-electron chi connectivity index (χ4n) is 1.26. The average Bonchev–Trinajstić information content (AvgIpc) is 2.28. The van der Waals surface area contributed by atoms with Crippen molar-refractivity contribution in [2.24, 2.45) is 0 Å². The molecule has 0 atom stereocenters. The van der Waals surface area contributed by atoms with E-state index in [4.69, 9.17) is 5.11 Å². The number of aromatic carboxylic acids is 1. The van der Waals surface area contributed by atoms with Gasteiger partial charge < -0.3 is 15.3 Å². The number of urea groups is 1. The molecule has 18 heavy (non-hydrogen) atoms. The number of hydrogen-bond acceptors (Lipinski definition) is 2. The summed E-state index contributed by atoms with van der Waals surface area (Å²) >= 11 is 0. The minimum absolute atomic E-state index is 0.193. The molecule has 0 spiro atoms. The number of anilines is 1. The van der Waals surface area contributed by atoms with Crippen LogP contribution in [0.15, 0.2) is 30.9 Å². The Bertz CT molecular complexity index is 488. The monoisotopic (exact) mass is 252 g/mol. The molecule has 0 saturated carbocycles. The molecular weight excluding hydrogens is 239 g/mol. The number of halogens is 1. The number of hydrogen-bond donors (Lipinski definition) is 2. The predicted octanol–water partition coefficient (Wildman–Crippen LogP) is 2.17. The molecule has 0 fully saturated rings. The van der Waals surface area contributed by atoms with Crippen LogP contribution in [0.4, 0.5) is 14.9 Å². The molecule has 1 aromatic carbocycles. The number of benzene rings is 1. The molecule has 0 unspecified atom stereocenters. The Hall–Kier alpha value is -2.37. The molecule has 0 aliphatic rings. The van der Waals surface area contributed by atoms with Crippen molar-refractivity contribution < 1.29 is 19.1 Å². The summed E-state index contributed by atoms with van der Waals surface area (Å²) in [5, 5.41) is 11.1. The van der Waals surface area contributed by atoms with E-state index >= 15 is 0 Å². The van der Waals surface area contributed by atoms with Gasteiger partial charge in [0.1, 0.15) is 5.82 Å². The van der Waals surface area contributed by atoms with Crippen molar-refractivity contribution >= 4 is 17.7 Å². The van der Waals surface area contributed by atoms with Gasteiger partial charge >= 0.3 is 12.0 Å². The maximum atomic E-state index is 13.3. The van der Waals surface area contributed by atoms with Crippen molar-refractivity contribution in [2.45, 2.75) is 0 Å². The summed E-state index contributed by atoms with van der Waals surface area (Å²) in [5.74, 6) is -2.25. The molecule has 1 rings (SSSR count). The second-order valence-corrected chi connectivity index (χ2v) is 3.60. The minimum atomic E-state index is -1.35. The fourth-order valence-corrected chi connectivity index (χ4v) is 1.26. The van der Waals surface area contributed by atoms with Gasteiger partial charge in [-0.3, -0.25) is 0 Å². The third kappa shape index (κ3) is 3.31. The van der Waals surface area contributed by atoms with Crippen molar-refractivity contribution in [1.82, 2.24) is 4.90 Å². The highest BCUT2D eigenvalue weighted by Gasteiger charge is 2.12. The third-order valence-corrected chi connectivity index (χ3v) is 2.20. The molecule has 0 radical (unpaired) electrons. The largest absolute Gasteiger partial charge is 0.478 e. The first kappa shape index (κ1) is 13.7. The molecule has 1 aromatic rings. The lowest BCUT2D eigenvalue weighted by molar-refractivity contribution is 0.0692. The van der Waals surface area contributed by atoms with Crippen molar-refractivity contribution in [3.8, 4) is 0 Å². The summed E-state index contributed by atoms with van der Waals surface area (Å²) in [6, 6.07) is 2.95. The van der Waals surface area contributed by atoms with Crippen LogP contribution in [0, 0.1) is 5.82 Å². The first-order chi connectivity index (χ1) is 8.45. The highest BCUT2D eigenvalue weighted by Crippen LogP contribution is 2.15. The van der Waals surface area contributed by atoms with Crippen LogP contribution in [0.5, 0.6) is 0 Å². The summed E-state index contributed by atoms with van der Waals surface area (Å²) in [7, 11) is 1.55. The van der Waals surface area contributed by atoms with Gasteiger partial charge in [-0.15, -0.1) is 6.58 Å². The number of carbonyl (C=O) groups is 2. The number of nitrogens with one attached hydrogen (secondary N) is 1. The Morgan fingerprint density at radius 3 is 2.72 bits per heavy atom. The highest BCUT2D eigenvalue weighted by molar-refractivity contribution is 5.91. The van der Waals surface area contributed by atoms with Crippen molar-refractivity contribution in [1.29, 1.82) is 0 Å². The Labute approximate surface area is 104 Å². The van der Waals surface area contributed by atoms with E-state index in [2.05, 4.69) is 11.9 Å². The fraction of sp³-hybridized carbons (Fsp3) is 0.167. The summed E-state index contributed by atoms with van der Waals surface area (Å²) in [5.41, 5.74) is -0.245. The zero-order chi connectivity index (χ0) is 13.7. The van der Waals surface area contributed by atoms with E-state index < -0.39 is 23.4 Å². The standard InChI is InChI=1S/C12H13FN2O3/c1-3-6-15(2)12(18)14-8-4-5-9(11(16)17)10(13)7-8/h3-5,7H,1,6H2,2H3,(H,14,18)(H,16,17). The van der Waals surface area contributed by atoms with Gasteiger partial charge in [0.05, 0.1) is 5.56 Å². The van der Waals surface area contributed by atoms with E-state index in [9.17, 15) is 14.0 Å². The van der Waals surface area contributed by atoms with Gasteiger partial charge in [-0.05, 0) is 18.2 Å². The third-order valence-electron chi connectivity index (χ3n) is 2.20. The van der Waals surface area contributed by atoms with Crippen LogP contribution in [-0.2, 0) is 0 Å². The SMILES string of the molecule is C=CCN(C)C(=O)Nc1ccc(C(=O)O)c(F)c1. The first-order valence-corrected chi connectivity index (χ1v) is 5.11. The summed E-state index contributed by atoms with van der Waals surface area (Å²) in [6.45, 7) is 3.84. The Morgan fingerprint density at radius 2 is 2.22 bits per heavy atom. The zero-order valence-corrected chi connectivity index (χ0v) is 9.81. The lowest BCUT2D eigenvalue weighted by atomic mass is 10.2. The Morgan fingerprint density at radius 1 is 1.56 bits per heavy atom. The van der Waals surface area contributed by atoms with Crippen LogP contribution in [0.1, 0.15) is 10.4 Å². The van der Waals surface area contributed by atoms with Crippen LogP contribution in [0.3, 0.4) is 0 Å². The summed E-state index contributed by atoms with van der Waals surface area (Å²) in [4.78, 5) is 23.5. The number of rotatable bonds is 4. The van der Waals surface area contributed by atoms with E-state index in [1.54, 1.807) is 13.1 Å². The van der Waals surface area contributed by atoms with Crippen LogP contribution >= 0.6 is 0 Å². The number of carbonyl (C=O) groups excluding carboxylic acids is 1. The molecular formula is C12H13FN2O3. The van der Waals surface area contributed by atoms with E-state index in [1.165, 1.54) is 11.0 Å². The molecule has 0 aromatic heterocycles. The first-order valence-electron chi connectivity index (χ1n) is 5.11. The van der Waals surface area contributed by atoms with Gasteiger partial charge in [-0.25, -0.2) is 14.0 Å². The molecule has 96 valence electrons. The van der Waals surface area contributed by atoms with Crippen LogP contribution in [0.2, 0.25) is 0 Å². The molecule has 6 heteroatoms. The van der Waals surface area contributed by atoms with Crippen LogP contribution < -0.4 is 5.32 Å². The quantitative estimate of drug-likeness (QED) is 0.807. The lowest BCUT2D eigenvalue weighted by Gasteiger charge is -2.15. The van der Waals surface area contributed by atoms with Crippen molar-refractivity contribution in [2.75, 3.05) is 18.9 Å². The maximum Gasteiger partial charge on any atom is 0.338 e. The number of nitrogens with zero attached hydrogens (tertiary/aromatic N) is 1. The number of carboxylic acid groups (broad SMARTS) is 1. The Balaban J connectivity index is 2.80. The Kier molecular flexibility index (Phi) is 4.42. The van der Waals surface area contributed by atoms with Gasteiger partial charge in [0.15, 0.2) is 0 Å². The number of likely N-dealkylation sites (N-methyl/N-ethyl adjacent to an activating group) is 1. The van der Waals surface area contributed by atoms with Gasteiger partial charge in [0.2, 0.25) is 0 Å². The number of carboxylic acids is 1. The van der Waals surface area contributed by atoms with Crippen molar-refractivity contribution in [3.63, 3.8) is 0 Å². The summed E-state index contributed by atoms with van der Waals surface area (Å²) in [6.07, 6.45) is 1.55. The topological polar surface area (TPSA) is 69.6 Å². The zero-order valence-electron chi connectivity index (χ0n) is 9.81. The van der Waals surface area contributed by atoms with Gasteiger partial charge in [-0.2, -0.15) is 0 Å². The van der Waals surface area contributed by atoms with E-state index in [-0.39, 0.29) is 5.69 Å². The molecule has 0 saturated heterocycles. The molecule has 0 bridgehead atoms. The van der Waals surface area contributed by atoms with E-state index in [1.807, 2.05) is 0 Å².